The van der Waals surface area contributed by atoms with Crippen LogP contribution >= 0.6 is 0 Å². The lowest BCUT2D eigenvalue weighted by Gasteiger charge is -2.34. The van der Waals surface area contributed by atoms with Crippen molar-refractivity contribution in [1.82, 2.24) is 9.80 Å². The highest BCUT2D eigenvalue weighted by molar-refractivity contribution is 5.84. The number of hydrogen-bond donors (Lipinski definition) is 0. The van der Waals surface area contributed by atoms with Gasteiger partial charge < -0.3 is 14.5 Å². The van der Waals surface area contributed by atoms with Gasteiger partial charge >= 0.3 is 0 Å². The number of aryl methyl sites for hydroxylation is 1. The van der Waals surface area contributed by atoms with Crippen LogP contribution < -0.4 is 0 Å². The number of carbonyl (C=O) groups excluding carboxylic acids is 1. The number of benzene rings is 1. The molecule has 1 heterocycles. The first-order valence-electron chi connectivity index (χ1n) is 9.48. The van der Waals surface area contributed by atoms with Crippen molar-refractivity contribution in [3.8, 4) is 0 Å². The lowest BCUT2D eigenvalue weighted by Crippen LogP contribution is -2.50. The Morgan fingerprint density at radius 3 is 2.76 bits per heavy atom. The van der Waals surface area contributed by atoms with Crippen molar-refractivity contribution < 1.29 is 9.53 Å². The van der Waals surface area contributed by atoms with E-state index >= 15 is 0 Å². The maximum Gasteiger partial charge on any atom is 0.253 e. The number of ether oxygens (including phenoxy) is 1. The van der Waals surface area contributed by atoms with Crippen LogP contribution in [0.15, 0.2) is 30.3 Å². The largest absolute Gasteiger partial charge is 0.366 e. The van der Waals surface area contributed by atoms with Crippen molar-refractivity contribution in [1.29, 1.82) is 0 Å². The molecule has 1 aliphatic heterocycles. The summed E-state index contributed by atoms with van der Waals surface area (Å²) in [7, 11) is 2.05. The number of allylic oxidation sites excluding steroid dienone is 1. The molecule has 4 heteroatoms. The molecule has 0 aromatic heterocycles. The molecule has 1 unspecified atom stereocenters. The van der Waals surface area contributed by atoms with Gasteiger partial charge in [-0.25, -0.2) is 0 Å². The molecule has 4 nitrogen and oxygen atoms in total. The molecule has 1 aliphatic carbocycles. The summed E-state index contributed by atoms with van der Waals surface area (Å²) in [5.41, 5.74) is 3.85. The van der Waals surface area contributed by atoms with Crippen molar-refractivity contribution in [2.24, 2.45) is 0 Å². The first kappa shape index (κ1) is 18.2. The van der Waals surface area contributed by atoms with Crippen LogP contribution in [0, 0.1) is 0 Å². The van der Waals surface area contributed by atoms with E-state index in [9.17, 15) is 4.79 Å². The molecule has 2 fully saturated rings. The summed E-state index contributed by atoms with van der Waals surface area (Å²) in [4.78, 5) is 17.4. The Bertz CT molecular complexity index is 637. The fourth-order valence-corrected chi connectivity index (χ4v) is 3.54. The molecule has 0 bridgehead atoms. The Kier molecular flexibility index (Phi) is 5.92. The lowest BCUT2D eigenvalue weighted by atomic mass is 9.97. The molecule has 0 radical (unpaired) electrons. The maximum absolute atomic E-state index is 13.1. The van der Waals surface area contributed by atoms with E-state index in [4.69, 9.17) is 4.74 Å². The minimum Gasteiger partial charge on any atom is -0.366 e. The third kappa shape index (κ3) is 4.31. The van der Waals surface area contributed by atoms with E-state index in [0.29, 0.717) is 25.7 Å². The minimum absolute atomic E-state index is 0.155. The van der Waals surface area contributed by atoms with Crippen LogP contribution in [0.4, 0.5) is 0 Å². The summed E-state index contributed by atoms with van der Waals surface area (Å²) in [5, 5.41) is 0. The average Bonchev–Trinajstić information content (AvgIpc) is 3.47. The van der Waals surface area contributed by atoms with Crippen molar-refractivity contribution >= 4 is 11.5 Å². The van der Waals surface area contributed by atoms with E-state index in [-0.39, 0.29) is 12.0 Å². The molecule has 0 N–H and O–H groups in total. The van der Waals surface area contributed by atoms with E-state index < -0.39 is 0 Å². The Morgan fingerprint density at radius 2 is 2.12 bits per heavy atom. The van der Waals surface area contributed by atoms with Gasteiger partial charge in [-0.2, -0.15) is 0 Å². The predicted octanol–water partition coefficient (Wildman–Crippen LogP) is 2.97. The summed E-state index contributed by atoms with van der Waals surface area (Å²) in [6, 6.07) is 8.91. The van der Waals surface area contributed by atoms with Crippen molar-refractivity contribution in [2.75, 3.05) is 33.3 Å². The highest BCUT2D eigenvalue weighted by Crippen LogP contribution is 2.31. The number of amides is 1. The van der Waals surface area contributed by atoms with Crippen LogP contribution in [0.25, 0.3) is 5.57 Å². The van der Waals surface area contributed by atoms with Crippen LogP contribution in [-0.2, 0) is 16.0 Å². The third-order valence-corrected chi connectivity index (χ3v) is 5.25. The monoisotopic (exact) mass is 342 g/mol. The topological polar surface area (TPSA) is 32.8 Å². The molecule has 1 saturated heterocycles. The van der Waals surface area contributed by atoms with E-state index in [0.717, 1.165) is 25.8 Å². The molecular formula is C21H30N2O2. The van der Waals surface area contributed by atoms with Gasteiger partial charge in [-0.1, -0.05) is 37.3 Å². The van der Waals surface area contributed by atoms with Crippen molar-refractivity contribution in [3.63, 3.8) is 0 Å². The summed E-state index contributed by atoms with van der Waals surface area (Å²) in [5.74, 6) is 0.155. The molecule has 1 amide bonds. The predicted molar refractivity (Wildman–Crippen MR) is 101 cm³/mol. The van der Waals surface area contributed by atoms with Gasteiger partial charge in [-0.15, -0.1) is 0 Å². The van der Waals surface area contributed by atoms with E-state index in [1.165, 1.54) is 16.7 Å². The Hall–Kier alpha value is -1.65. The molecule has 1 atom stereocenters. The molecule has 2 aliphatic rings. The summed E-state index contributed by atoms with van der Waals surface area (Å²) in [6.07, 6.45) is 5.06. The Morgan fingerprint density at radius 1 is 1.36 bits per heavy atom. The highest BCUT2D eigenvalue weighted by Gasteiger charge is 2.38. The maximum atomic E-state index is 13.1. The van der Waals surface area contributed by atoms with E-state index in [1.54, 1.807) is 0 Å². The summed E-state index contributed by atoms with van der Waals surface area (Å²) in [6.45, 7) is 7.17. The van der Waals surface area contributed by atoms with Crippen LogP contribution in [-0.4, -0.2) is 61.1 Å². The fraction of sp³-hybridized carbons (Fsp3) is 0.571. The van der Waals surface area contributed by atoms with Crippen LogP contribution in [0.2, 0.25) is 0 Å². The molecule has 1 aromatic carbocycles. The molecular weight excluding hydrogens is 312 g/mol. The van der Waals surface area contributed by atoms with E-state index in [1.807, 2.05) is 0 Å². The second-order valence-corrected chi connectivity index (χ2v) is 7.14. The Balaban J connectivity index is 1.78. The zero-order chi connectivity index (χ0) is 17.8. The number of likely N-dealkylation sites (N-methyl/N-ethyl adjacent to an activating group) is 1. The SMILES string of the molecule is C/C=C(/CN(C(=O)C1CN(C)CCO1)C1CC1)c1ccccc1CC. The number of rotatable bonds is 6. The van der Waals surface area contributed by atoms with Crippen molar-refractivity contribution in [3.05, 3.63) is 41.5 Å². The standard InChI is InChI=1S/C21H30N2O2/c1-4-16-8-6-7-9-19(16)17(5-2)14-23(18-10-11-18)21(24)20-15-22(3)12-13-25-20/h5-9,18,20H,4,10-15H2,1-3H3/b17-5-. The minimum atomic E-state index is -0.320. The smallest absolute Gasteiger partial charge is 0.253 e. The second-order valence-electron chi connectivity index (χ2n) is 7.14. The van der Waals surface area contributed by atoms with Gasteiger partial charge in [0.25, 0.3) is 5.91 Å². The molecule has 3 rings (SSSR count). The van der Waals surface area contributed by atoms with Crippen LogP contribution in [0.3, 0.4) is 0 Å². The summed E-state index contributed by atoms with van der Waals surface area (Å²) >= 11 is 0. The van der Waals surface area contributed by atoms with Gasteiger partial charge in [0.05, 0.1) is 6.61 Å². The first-order chi connectivity index (χ1) is 12.1. The third-order valence-electron chi connectivity index (χ3n) is 5.25. The van der Waals surface area contributed by atoms with Gasteiger partial charge in [0.1, 0.15) is 6.10 Å². The number of carbonyl (C=O) groups is 1. The normalized spacial score (nSPS) is 22.0. The zero-order valence-corrected chi connectivity index (χ0v) is 15.7. The van der Waals surface area contributed by atoms with Gasteiger partial charge in [0.2, 0.25) is 0 Å². The van der Waals surface area contributed by atoms with Crippen LogP contribution in [0.1, 0.15) is 37.8 Å². The van der Waals surface area contributed by atoms with Gasteiger partial charge in [-0.3, -0.25) is 4.79 Å². The molecule has 1 saturated carbocycles. The first-order valence-corrected chi connectivity index (χ1v) is 9.48. The number of hydrogen-bond acceptors (Lipinski definition) is 3. The number of nitrogens with zero attached hydrogens (tertiary/aromatic N) is 2. The number of morpholine rings is 1. The molecule has 25 heavy (non-hydrogen) atoms. The fourth-order valence-electron chi connectivity index (χ4n) is 3.54. The summed E-state index contributed by atoms with van der Waals surface area (Å²) < 4.78 is 5.78. The van der Waals surface area contributed by atoms with Gasteiger partial charge in [0.15, 0.2) is 0 Å². The molecule has 0 spiro atoms. The quantitative estimate of drug-likeness (QED) is 0.797. The van der Waals surface area contributed by atoms with Gasteiger partial charge in [-0.05, 0) is 49.9 Å². The second kappa shape index (κ2) is 8.15. The molecule has 1 aromatic rings. The van der Waals surface area contributed by atoms with E-state index in [2.05, 4.69) is 61.0 Å². The zero-order valence-electron chi connectivity index (χ0n) is 15.7. The van der Waals surface area contributed by atoms with Gasteiger partial charge in [0, 0.05) is 25.7 Å². The lowest BCUT2D eigenvalue weighted by molar-refractivity contribution is -0.148. The Labute approximate surface area is 151 Å². The average molecular weight is 342 g/mol. The van der Waals surface area contributed by atoms with Crippen molar-refractivity contribution in [2.45, 2.75) is 45.3 Å². The van der Waals surface area contributed by atoms with Crippen LogP contribution in [0.5, 0.6) is 0 Å². The molecule has 136 valence electrons. The highest BCUT2D eigenvalue weighted by atomic mass is 16.5.